The lowest BCUT2D eigenvalue weighted by Gasteiger charge is -2.06. The van der Waals surface area contributed by atoms with Crippen LogP contribution >= 0.6 is 0 Å². The lowest BCUT2D eigenvalue weighted by Crippen LogP contribution is -2.02. The fourth-order valence-corrected chi connectivity index (χ4v) is 1.35. The number of carbonyl (C=O) groups is 1. The zero-order valence-corrected chi connectivity index (χ0v) is 9.61. The van der Waals surface area contributed by atoms with Crippen LogP contribution in [0.4, 0.5) is 0 Å². The summed E-state index contributed by atoms with van der Waals surface area (Å²) in [6.45, 7) is 2.50. The van der Waals surface area contributed by atoms with Gasteiger partial charge in [-0.1, -0.05) is 19.1 Å². The molecule has 0 spiro atoms. The molecule has 16 heavy (non-hydrogen) atoms. The van der Waals surface area contributed by atoms with Crippen molar-refractivity contribution >= 4 is 5.78 Å². The van der Waals surface area contributed by atoms with Gasteiger partial charge < -0.3 is 9.84 Å². The summed E-state index contributed by atoms with van der Waals surface area (Å²) in [7, 11) is 0. The van der Waals surface area contributed by atoms with Crippen molar-refractivity contribution in [1.82, 2.24) is 0 Å². The summed E-state index contributed by atoms with van der Waals surface area (Å²) >= 11 is 0. The van der Waals surface area contributed by atoms with E-state index in [1.54, 1.807) is 0 Å². The maximum absolute atomic E-state index is 11.3. The van der Waals surface area contributed by atoms with Crippen LogP contribution in [0.1, 0.15) is 25.3 Å². The molecule has 0 saturated carbocycles. The van der Waals surface area contributed by atoms with Crippen molar-refractivity contribution in [3.63, 3.8) is 0 Å². The summed E-state index contributed by atoms with van der Waals surface area (Å²) in [6.07, 6.45) is 1.65. The molecular formula is C13H18O3. The lowest BCUT2D eigenvalue weighted by molar-refractivity contribution is -0.118. The molecule has 0 fully saturated rings. The predicted octanol–water partition coefficient (Wildman–Crippen LogP) is 1.97. The van der Waals surface area contributed by atoms with E-state index in [2.05, 4.69) is 0 Å². The predicted molar refractivity (Wildman–Crippen MR) is 62.6 cm³/mol. The molecule has 0 atom stereocenters. The highest BCUT2D eigenvalue weighted by atomic mass is 16.5. The van der Waals surface area contributed by atoms with Gasteiger partial charge in [-0.3, -0.25) is 4.79 Å². The van der Waals surface area contributed by atoms with Gasteiger partial charge in [0, 0.05) is 25.9 Å². The average Bonchev–Trinajstić information content (AvgIpc) is 2.30. The Bertz CT molecular complexity index is 334. The summed E-state index contributed by atoms with van der Waals surface area (Å²) in [6, 6.07) is 7.54. The quantitative estimate of drug-likeness (QED) is 0.717. The number of benzene rings is 1. The third-order valence-corrected chi connectivity index (χ3v) is 2.27. The fraction of sp³-hybridized carbons (Fsp3) is 0.462. The number of Topliss-reactive ketones (excluding diaryl/α,β-unsaturated/α-hetero) is 1. The summed E-state index contributed by atoms with van der Waals surface area (Å²) in [5.74, 6) is 0.988. The number of rotatable bonds is 7. The van der Waals surface area contributed by atoms with Crippen LogP contribution in [0.3, 0.4) is 0 Å². The van der Waals surface area contributed by atoms with Gasteiger partial charge in [0.2, 0.25) is 0 Å². The normalized spacial score (nSPS) is 10.1. The molecule has 0 aliphatic heterocycles. The van der Waals surface area contributed by atoms with Gasteiger partial charge in [-0.25, -0.2) is 0 Å². The van der Waals surface area contributed by atoms with Gasteiger partial charge in [0.1, 0.15) is 11.5 Å². The second-order valence-corrected chi connectivity index (χ2v) is 3.64. The molecule has 0 aliphatic rings. The maximum atomic E-state index is 11.3. The molecule has 0 saturated heterocycles. The Hall–Kier alpha value is -1.35. The molecule has 1 aromatic carbocycles. The minimum atomic E-state index is 0.133. The first-order valence-corrected chi connectivity index (χ1v) is 5.60. The number of carbonyl (C=O) groups excluding carboxylic acids is 1. The molecule has 1 N–H and O–H groups in total. The second kappa shape index (κ2) is 7.01. The van der Waals surface area contributed by atoms with Gasteiger partial charge in [-0.15, -0.1) is 0 Å². The molecule has 0 radical (unpaired) electrons. The number of hydrogen-bond donors (Lipinski definition) is 1. The smallest absolute Gasteiger partial charge is 0.136 e. The van der Waals surface area contributed by atoms with Crippen LogP contribution in [0.25, 0.3) is 0 Å². The molecule has 88 valence electrons. The molecule has 3 nitrogen and oxygen atoms in total. The van der Waals surface area contributed by atoms with Crippen LogP contribution in [0.5, 0.6) is 5.75 Å². The first-order valence-electron chi connectivity index (χ1n) is 5.60. The van der Waals surface area contributed by atoms with Crippen molar-refractivity contribution in [2.45, 2.75) is 26.2 Å². The molecule has 0 amide bonds. The van der Waals surface area contributed by atoms with Crippen LogP contribution in [0, 0.1) is 0 Å². The van der Waals surface area contributed by atoms with Crippen LogP contribution in [-0.4, -0.2) is 24.1 Å². The van der Waals surface area contributed by atoms with E-state index < -0.39 is 0 Å². The Morgan fingerprint density at radius 2 is 2.25 bits per heavy atom. The van der Waals surface area contributed by atoms with E-state index in [0.717, 1.165) is 11.3 Å². The maximum Gasteiger partial charge on any atom is 0.136 e. The first kappa shape index (κ1) is 12.7. The number of ketones is 1. The van der Waals surface area contributed by atoms with Gasteiger partial charge in [-0.2, -0.15) is 0 Å². The van der Waals surface area contributed by atoms with Crippen molar-refractivity contribution < 1.29 is 14.6 Å². The van der Waals surface area contributed by atoms with Crippen molar-refractivity contribution in [2.75, 3.05) is 13.2 Å². The van der Waals surface area contributed by atoms with Gasteiger partial charge in [0.05, 0.1) is 6.61 Å². The monoisotopic (exact) mass is 222 g/mol. The van der Waals surface area contributed by atoms with E-state index >= 15 is 0 Å². The Labute approximate surface area is 96.1 Å². The fourth-order valence-electron chi connectivity index (χ4n) is 1.35. The van der Waals surface area contributed by atoms with E-state index in [1.807, 2.05) is 31.2 Å². The summed E-state index contributed by atoms with van der Waals surface area (Å²) in [5.41, 5.74) is 0.980. The highest BCUT2D eigenvalue weighted by molar-refractivity contribution is 5.80. The van der Waals surface area contributed by atoms with Crippen molar-refractivity contribution in [3.8, 4) is 5.75 Å². The van der Waals surface area contributed by atoms with Gasteiger partial charge in [0.25, 0.3) is 0 Å². The topological polar surface area (TPSA) is 46.5 Å². The molecule has 0 aromatic heterocycles. The SMILES string of the molecule is CCC(=O)Cc1cccc(OCCCO)c1. The highest BCUT2D eigenvalue weighted by Gasteiger charge is 2.02. The zero-order valence-electron chi connectivity index (χ0n) is 9.61. The van der Waals surface area contributed by atoms with Gasteiger partial charge in [-0.05, 0) is 17.7 Å². The number of aliphatic hydroxyl groups excluding tert-OH is 1. The largest absolute Gasteiger partial charge is 0.493 e. The molecule has 0 unspecified atom stereocenters. The molecular weight excluding hydrogens is 204 g/mol. The number of ether oxygens (including phenoxy) is 1. The molecule has 3 heteroatoms. The van der Waals surface area contributed by atoms with Gasteiger partial charge >= 0.3 is 0 Å². The standard InChI is InChI=1S/C13H18O3/c1-2-12(15)9-11-5-3-6-13(10-11)16-8-4-7-14/h3,5-6,10,14H,2,4,7-9H2,1H3. The molecule has 1 rings (SSSR count). The van der Waals surface area contributed by atoms with Crippen LogP contribution < -0.4 is 4.74 Å². The van der Waals surface area contributed by atoms with Crippen molar-refractivity contribution in [3.05, 3.63) is 29.8 Å². The minimum absolute atomic E-state index is 0.133. The Morgan fingerprint density at radius 1 is 1.44 bits per heavy atom. The Kier molecular flexibility index (Phi) is 5.57. The van der Waals surface area contributed by atoms with Crippen LogP contribution in [0.2, 0.25) is 0 Å². The van der Waals surface area contributed by atoms with E-state index in [4.69, 9.17) is 9.84 Å². The lowest BCUT2D eigenvalue weighted by atomic mass is 10.1. The Morgan fingerprint density at radius 3 is 2.94 bits per heavy atom. The molecule has 0 heterocycles. The third kappa shape index (κ3) is 4.45. The number of hydrogen-bond acceptors (Lipinski definition) is 3. The number of aliphatic hydroxyl groups is 1. The first-order chi connectivity index (χ1) is 7.76. The van der Waals surface area contributed by atoms with E-state index in [9.17, 15) is 4.79 Å². The minimum Gasteiger partial charge on any atom is -0.493 e. The van der Waals surface area contributed by atoms with Crippen molar-refractivity contribution in [2.24, 2.45) is 0 Å². The van der Waals surface area contributed by atoms with Gasteiger partial charge in [0.15, 0.2) is 0 Å². The van der Waals surface area contributed by atoms with Crippen LogP contribution in [-0.2, 0) is 11.2 Å². The second-order valence-electron chi connectivity index (χ2n) is 3.64. The summed E-state index contributed by atoms with van der Waals surface area (Å²) in [4.78, 5) is 11.3. The third-order valence-electron chi connectivity index (χ3n) is 2.27. The van der Waals surface area contributed by atoms with E-state index in [0.29, 0.717) is 25.9 Å². The average molecular weight is 222 g/mol. The summed E-state index contributed by atoms with van der Waals surface area (Å²) in [5, 5.41) is 8.63. The highest BCUT2D eigenvalue weighted by Crippen LogP contribution is 2.14. The zero-order chi connectivity index (χ0) is 11.8. The molecule has 0 aliphatic carbocycles. The summed E-state index contributed by atoms with van der Waals surface area (Å²) < 4.78 is 5.43. The van der Waals surface area contributed by atoms with E-state index in [-0.39, 0.29) is 12.4 Å². The molecule has 1 aromatic rings. The molecule has 0 bridgehead atoms. The Balaban J connectivity index is 2.53. The van der Waals surface area contributed by atoms with Crippen molar-refractivity contribution in [1.29, 1.82) is 0 Å². The van der Waals surface area contributed by atoms with Crippen LogP contribution in [0.15, 0.2) is 24.3 Å². The van der Waals surface area contributed by atoms with E-state index in [1.165, 1.54) is 0 Å².